The van der Waals surface area contributed by atoms with Gasteiger partial charge in [0.1, 0.15) is 12.1 Å². The van der Waals surface area contributed by atoms with E-state index in [9.17, 15) is 0 Å². The van der Waals surface area contributed by atoms with E-state index in [4.69, 9.17) is 9.73 Å². The van der Waals surface area contributed by atoms with Crippen molar-refractivity contribution in [2.24, 2.45) is 4.99 Å². The maximum absolute atomic E-state index is 6.13. The Morgan fingerprint density at radius 1 is 0.929 bits per heavy atom. The normalized spacial score (nSPS) is 18.6. The smallest absolute Gasteiger partial charge is 0.227 e. The molecule has 0 N–H and O–H groups in total. The first-order valence-corrected chi connectivity index (χ1v) is 10.0. The maximum atomic E-state index is 6.13. The van der Waals surface area contributed by atoms with Gasteiger partial charge in [-0.05, 0) is 23.3 Å². The van der Waals surface area contributed by atoms with Crippen molar-refractivity contribution in [2.75, 3.05) is 6.61 Å². The molecule has 0 radical (unpaired) electrons. The summed E-state index contributed by atoms with van der Waals surface area (Å²) in [6.07, 6.45) is 5.60. The molecule has 138 valence electrons. The van der Waals surface area contributed by atoms with Crippen LogP contribution in [0.15, 0.2) is 96.5 Å². The number of benzene rings is 2. The molecule has 2 aromatic heterocycles. The SMILES string of the molecule is c1ccc(-c2ccc(C3=NC(Cn4ccnc4)(c4ccccc4)CO3)s2)cc1. The zero-order valence-electron chi connectivity index (χ0n) is 15.2. The van der Waals surface area contributed by atoms with Gasteiger partial charge in [-0.2, -0.15) is 0 Å². The zero-order chi connectivity index (χ0) is 18.8. The fourth-order valence-electron chi connectivity index (χ4n) is 3.53. The van der Waals surface area contributed by atoms with E-state index in [0.717, 1.165) is 16.3 Å². The maximum Gasteiger partial charge on any atom is 0.227 e. The number of hydrogen-bond donors (Lipinski definition) is 0. The molecular weight excluding hydrogens is 366 g/mol. The highest BCUT2D eigenvalue weighted by Crippen LogP contribution is 2.36. The molecule has 1 unspecified atom stereocenters. The summed E-state index contributed by atoms with van der Waals surface area (Å²) < 4.78 is 8.20. The third-order valence-electron chi connectivity index (χ3n) is 4.95. The standard InChI is InChI=1S/C23H19N3OS/c1-3-7-18(8-4-1)20-11-12-21(28-20)22-25-23(16-27-22,15-26-14-13-24-17-26)19-9-5-2-6-10-19/h1-14,17H,15-16H2. The van der Waals surface area contributed by atoms with Crippen molar-refractivity contribution in [1.82, 2.24) is 9.55 Å². The Morgan fingerprint density at radius 3 is 2.43 bits per heavy atom. The predicted octanol–water partition coefficient (Wildman–Crippen LogP) is 4.98. The fraction of sp³-hybridized carbons (Fsp3) is 0.130. The van der Waals surface area contributed by atoms with Gasteiger partial charge in [-0.3, -0.25) is 0 Å². The summed E-state index contributed by atoms with van der Waals surface area (Å²) in [5.74, 6) is 0.719. The number of ether oxygens (including phenoxy) is 1. The summed E-state index contributed by atoms with van der Waals surface area (Å²) in [4.78, 5) is 11.6. The van der Waals surface area contributed by atoms with E-state index >= 15 is 0 Å². The number of aliphatic imine (C=N–C) groups is 1. The summed E-state index contributed by atoms with van der Waals surface area (Å²) in [7, 11) is 0. The van der Waals surface area contributed by atoms with E-state index in [0.29, 0.717) is 13.2 Å². The van der Waals surface area contributed by atoms with Gasteiger partial charge in [0.2, 0.25) is 5.90 Å². The number of nitrogens with zero attached hydrogens (tertiary/aromatic N) is 3. The highest BCUT2D eigenvalue weighted by molar-refractivity contribution is 7.17. The molecule has 0 saturated carbocycles. The van der Waals surface area contributed by atoms with Gasteiger partial charge in [0.05, 0.1) is 17.7 Å². The molecule has 4 nitrogen and oxygen atoms in total. The van der Waals surface area contributed by atoms with Gasteiger partial charge in [0.25, 0.3) is 0 Å². The van der Waals surface area contributed by atoms with Crippen molar-refractivity contribution in [2.45, 2.75) is 12.1 Å². The van der Waals surface area contributed by atoms with Crippen LogP contribution in [0.2, 0.25) is 0 Å². The van der Waals surface area contributed by atoms with E-state index in [1.54, 1.807) is 17.5 Å². The highest BCUT2D eigenvalue weighted by atomic mass is 32.1. The van der Waals surface area contributed by atoms with Crippen molar-refractivity contribution in [1.29, 1.82) is 0 Å². The van der Waals surface area contributed by atoms with Crippen LogP contribution in [-0.2, 0) is 16.8 Å². The third kappa shape index (κ3) is 3.14. The van der Waals surface area contributed by atoms with Crippen LogP contribution in [0.5, 0.6) is 0 Å². The lowest BCUT2D eigenvalue weighted by molar-refractivity contribution is 0.236. The molecule has 0 spiro atoms. The van der Waals surface area contributed by atoms with Gasteiger partial charge in [0.15, 0.2) is 0 Å². The van der Waals surface area contributed by atoms with E-state index in [2.05, 4.69) is 70.2 Å². The monoisotopic (exact) mass is 385 g/mol. The van der Waals surface area contributed by atoms with Crippen molar-refractivity contribution < 1.29 is 4.74 Å². The first kappa shape index (κ1) is 17.0. The molecule has 5 rings (SSSR count). The average molecular weight is 385 g/mol. The van der Waals surface area contributed by atoms with Crippen molar-refractivity contribution in [3.63, 3.8) is 0 Å². The largest absolute Gasteiger partial charge is 0.474 e. The molecule has 4 aromatic rings. The number of aromatic nitrogens is 2. The molecule has 1 aliphatic heterocycles. The van der Waals surface area contributed by atoms with Gasteiger partial charge in [-0.25, -0.2) is 9.98 Å². The molecule has 0 bridgehead atoms. The molecule has 0 amide bonds. The molecule has 0 fully saturated rings. The van der Waals surface area contributed by atoms with E-state index in [1.165, 1.54) is 10.4 Å². The predicted molar refractivity (Wildman–Crippen MR) is 113 cm³/mol. The van der Waals surface area contributed by atoms with Crippen LogP contribution in [0.4, 0.5) is 0 Å². The van der Waals surface area contributed by atoms with Crippen LogP contribution in [0.3, 0.4) is 0 Å². The topological polar surface area (TPSA) is 39.4 Å². The van der Waals surface area contributed by atoms with Crippen molar-refractivity contribution in [3.05, 3.63) is 102 Å². The summed E-state index contributed by atoms with van der Waals surface area (Å²) in [5, 5.41) is 0. The Kier molecular flexibility index (Phi) is 4.29. The zero-order valence-corrected chi connectivity index (χ0v) is 16.0. The van der Waals surface area contributed by atoms with Crippen molar-refractivity contribution >= 4 is 17.2 Å². The number of thiophene rings is 1. The highest BCUT2D eigenvalue weighted by Gasteiger charge is 2.39. The molecule has 5 heteroatoms. The minimum atomic E-state index is -0.450. The molecule has 3 heterocycles. The van der Waals surface area contributed by atoms with Gasteiger partial charge in [-0.1, -0.05) is 60.7 Å². The van der Waals surface area contributed by atoms with Crippen LogP contribution in [0, 0.1) is 0 Å². The molecule has 0 saturated heterocycles. The third-order valence-corrected chi connectivity index (χ3v) is 6.08. The van der Waals surface area contributed by atoms with E-state index in [-0.39, 0.29) is 0 Å². The summed E-state index contributed by atoms with van der Waals surface area (Å²) in [6, 6.07) is 25.0. The molecule has 1 aliphatic rings. The average Bonchev–Trinajstić information content (AvgIpc) is 3.51. The molecular formula is C23H19N3OS. The summed E-state index contributed by atoms with van der Waals surface area (Å²) in [5.41, 5.74) is 1.91. The number of imidazole rings is 1. The fourth-order valence-corrected chi connectivity index (χ4v) is 4.49. The van der Waals surface area contributed by atoms with Crippen LogP contribution in [0.25, 0.3) is 10.4 Å². The van der Waals surface area contributed by atoms with Crippen LogP contribution in [-0.4, -0.2) is 22.1 Å². The summed E-state index contributed by atoms with van der Waals surface area (Å²) >= 11 is 1.71. The van der Waals surface area contributed by atoms with E-state index in [1.807, 2.05) is 24.7 Å². The second-order valence-corrected chi connectivity index (χ2v) is 7.95. The quantitative estimate of drug-likeness (QED) is 0.486. The second-order valence-electron chi connectivity index (χ2n) is 6.87. The van der Waals surface area contributed by atoms with Crippen LogP contribution >= 0.6 is 11.3 Å². The molecule has 1 atom stereocenters. The van der Waals surface area contributed by atoms with Crippen LogP contribution in [0.1, 0.15) is 10.4 Å². The molecule has 0 aliphatic carbocycles. The Hall–Kier alpha value is -3.18. The Bertz CT molecular complexity index is 1090. The second kappa shape index (κ2) is 7.09. The lowest BCUT2D eigenvalue weighted by atomic mass is 9.91. The first-order chi connectivity index (χ1) is 13.8. The number of hydrogen-bond acceptors (Lipinski definition) is 4. The van der Waals surface area contributed by atoms with Gasteiger partial charge in [0, 0.05) is 17.3 Å². The van der Waals surface area contributed by atoms with Gasteiger partial charge in [-0.15, -0.1) is 11.3 Å². The minimum Gasteiger partial charge on any atom is -0.474 e. The first-order valence-electron chi connectivity index (χ1n) is 9.22. The molecule has 2 aromatic carbocycles. The number of rotatable bonds is 5. The molecule has 28 heavy (non-hydrogen) atoms. The lowest BCUT2D eigenvalue weighted by Gasteiger charge is -2.25. The summed E-state index contributed by atoms with van der Waals surface area (Å²) in [6.45, 7) is 1.21. The Labute approximate surface area is 167 Å². The Morgan fingerprint density at radius 2 is 1.68 bits per heavy atom. The van der Waals surface area contributed by atoms with Gasteiger partial charge >= 0.3 is 0 Å². The van der Waals surface area contributed by atoms with Crippen molar-refractivity contribution in [3.8, 4) is 10.4 Å². The van der Waals surface area contributed by atoms with Crippen LogP contribution < -0.4 is 0 Å². The minimum absolute atomic E-state index is 0.450. The van der Waals surface area contributed by atoms with Gasteiger partial charge < -0.3 is 9.30 Å². The van der Waals surface area contributed by atoms with E-state index < -0.39 is 5.54 Å². The Balaban J connectivity index is 1.52. The lowest BCUT2D eigenvalue weighted by Crippen LogP contribution is -2.30.